The van der Waals surface area contributed by atoms with Crippen molar-refractivity contribution in [2.45, 2.75) is 0 Å². The van der Waals surface area contributed by atoms with Crippen LogP contribution < -0.4 is 0 Å². The monoisotopic (exact) mass is 230 g/mol. The Morgan fingerprint density at radius 3 is 2.79 bits per heavy atom. The molecule has 0 atom stereocenters. The van der Waals surface area contributed by atoms with Crippen molar-refractivity contribution >= 4 is 29.4 Å². The third-order valence-electron chi connectivity index (χ3n) is 2.31. The highest BCUT2D eigenvalue weighted by atomic mass is 32.2. The summed E-state index contributed by atoms with van der Waals surface area (Å²) in [5.74, 6) is 3.39. The van der Waals surface area contributed by atoms with Gasteiger partial charge in [0.25, 0.3) is 0 Å². The Hall–Kier alpha value is -0.290. The molecular weight excluding hydrogens is 216 g/mol. The maximum atomic E-state index is 11.8. The first-order valence-corrected chi connectivity index (χ1v) is 6.94. The summed E-state index contributed by atoms with van der Waals surface area (Å²) in [7, 11) is 0. The second kappa shape index (κ2) is 4.98. The lowest BCUT2D eigenvalue weighted by Gasteiger charge is -2.28. The molecule has 0 unspecified atom stereocenters. The summed E-state index contributed by atoms with van der Waals surface area (Å²) < 4.78 is 0. The quantitative estimate of drug-likeness (QED) is 0.707. The molecule has 14 heavy (non-hydrogen) atoms. The molecule has 0 radical (unpaired) electrons. The lowest BCUT2D eigenvalue weighted by Crippen LogP contribution is -2.42. The van der Waals surface area contributed by atoms with Crippen LogP contribution in [0.15, 0.2) is 11.6 Å². The zero-order chi connectivity index (χ0) is 9.80. The van der Waals surface area contributed by atoms with Crippen LogP contribution in [0.3, 0.4) is 0 Å². The molecule has 5 heteroatoms. The van der Waals surface area contributed by atoms with E-state index in [1.165, 1.54) is 0 Å². The van der Waals surface area contributed by atoms with E-state index in [1.807, 2.05) is 28.3 Å². The largest absolute Gasteiger partial charge is 0.358 e. The van der Waals surface area contributed by atoms with Gasteiger partial charge in [-0.05, 0) is 5.41 Å². The van der Waals surface area contributed by atoms with Gasteiger partial charge in [-0.2, -0.15) is 11.8 Å². The zero-order valence-electron chi connectivity index (χ0n) is 8.02. The van der Waals surface area contributed by atoms with Gasteiger partial charge in [0.2, 0.25) is 5.91 Å². The van der Waals surface area contributed by atoms with Crippen LogP contribution in [0.2, 0.25) is 0 Å². The Morgan fingerprint density at radius 2 is 2.14 bits per heavy atom. The Balaban J connectivity index is 1.78. The SMILES string of the molecule is O=C(CN1C=CSC1)N1CCSCC1. The van der Waals surface area contributed by atoms with E-state index in [-0.39, 0.29) is 5.91 Å². The summed E-state index contributed by atoms with van der Waals surface area (Å²) in [6, 6.07) is 0. The Bertz CT molecular complexity index is 239. The predicted octanol–water partition coefficient (Wildman–Crippen LogP) is 1.04. The van der Waals surface area contributed by atoms with E-state index < -0.39 is 0 Å². The molecule has 0 saturated carbocycles. The highest BCUT2D eigenvalue weighted by Crippen LogP contribution is 2.15. The van der Waals surface area contributed by atoms with E-state index >= 15 is 0 Å². The van der Waals surface area contributed by atoms with E-state index in [1.54, 1.807) is 11.8 Å². The number of nitrogens with zero attached hydrogens (tertiary/aromatic N) is 2. The number of carbonyl (C=O) groups excluding carboxylic acids is 1. The fourth-order valence-electron chi connectivity index (χ4n) is 1.50. The Morgan fingerprint density at radius 1 is 1.36 bits per heavy atom. The number of rotatable bonds is 2. The lowest BCUT2D eigenvalue weighted by atomic mass is 10.4. The molecule has 0 spiro atoms. The molecule has 1 fully saturated rings. The van der Waals surface area contributed by atoms with Crippen LogP contribution >= 0.6 is 23.5 Å². The van der Waals surface area contributed by atoms with Crippen molar-refractivity contribution in [3.05, 3.63) is 11.6 Å². The maximum absolute atomic E-state index is 11.8. The standard InChI is InChI=1S/C9H14N2OS2/c12-9(7-10-1-4-14-8-10)11-2-5-13-6-3-11/h1,4H,2-3,5-8H2. The van der Waals surface area contributed by atoms with Gasteiger partial charge in [0.15, 0.2) is 0 Å². The summed E-state index contributed by atoms with van der Waals surface area (Å²) in [6.45, 7) is 2.40. The number of carbonyl (C=O) groups is 1. The summed E-state index contributed by atoms with van der Waals surface area (Å²) >= 11 is 3.67. The van der Waals surface area contributed by atoms with Gasteiger partial charge in [-0.1, -0.05) is 0 Å². The highest BCUT2D eigenvalue weighted by molar-refractivity contribution is 8.02. The fraction of sp³-hybridized carbons (Fsp3) is 0.667. The van der Waals surface area contributed by atoms with Crippen LogP contribution in [0.1, 0.15) is 0 Å². The van der Waals surface area contributed by atoms with Gasteiger partial charge in [-0.15, -0.1) is 11.8 Å². The zero-order valence-corrected chi connectivity index (χ0v) is 9.65. The van der Waals surface area contributed by atoms with Crippen LogP contribution in [0.4, 0.5) is 0 Å². The number of hydrogen-bond donors (Lipinski definition) is 0. The van der Waals surface area contributed by atoms with Crippen molar-refractivity contribution in [2.24, 2.45) is 0 Å². The maximum Gasteiger partial charge on any atom is 0.242 e. The molecule has 1 saturated heterocycles. The molecule has 0 aromatic heterocycles. The molecule has 0 N–H and O–H groups in total. The van der Waals surface area contributed by atoms with E-state index in [4.69, 9.17) is 0 Å². The Kier molecular flexibility index (Phi) is 3.64. The highest BCUT2D eigenvalue weighted by Gasteiger charge is 2.18. The van der Waals surface area contributed by atoms with Crippen molar-refractivity contribution in [3.8, 4) is 0 Å². The van der Waals surface area contributed by atoms with Gasteiger partial charge >= 0.3 is 0 Å². The molecule has 3 nitrogen and oxygen atoms in total. The topological polar surface area (TPSA) is 23.6 Å². The van der Waals surface area contributed by atoms with Crippen LogP contribution in [-0.2, 0) is 4.79 Å². The molecular formula is C9H14N2OS2. The summed E-state index contributed by atoms with van der Waals surface area (Å²) in [5.41, 5.74) is 0. The van der Waals surface area contributed by atoms with Crippen LogP contribution in [0.5, 0.6) is 0 Å². The first kappa shape index (κ1) is 10.2. The predicted molar refractivity (Wildman–Crippen MR) is 62.2 cm³/mol. The molecule has 2 heterocycles. The second-order valence-corrected chi connectivity index (χ2v) is 5.41. The third-order valence-corrected chi connectivity index (χ3v) is 4.05. The normalized spacial score (nSPS) is 21.7. The van der Waals surface area contributed by atoms with Gasteiger partial charge in [-0.3, -0.25) is 4.79 Å². The van der Waals surface area contributed by atoms with Crippen molar-refractivity contribution in [2.75, 3.05) is 37.0 Å². The van der Waals surface area contributed by atoms with Gasteiger partial charge in [0, 0.05) is 30.8 Å². The van der Waals surface area contributed by atoms with Gasteiger partial charge in [0.05, 0.1) is 12.4 Å². The second-order valence-electron chi connectivity index (χ2n) is 3.32. The van der Waals surface area contributed by atoms with Crippen molar-refractivity contribution in [1.29, 1.82) is 0 Å². The first-order chi connectivity index (χ1) is 6.86. The number of amides is 1. The first-order valence-electron chi connectivity index (χ1n) is 4.74. The smallest absolute Gasteiger partial charge is 0.242 e. The molecule has 1 amide bonds. The molecule has 0 aromatic carbocycles. The molecule has 2 aliphatic rings. The molecule has 2 aliphatic heterocycles. The average molecular weight is 230 g/mol. The molecule has 0 aromatic rings. The average Bonchev–Trinajstić information content (AvgIpc) is 2.72. The summed E-state index contributed by atoms with van der Waals surface area (Å²) in [4.78, 5) is 15.8. The van der Waals surface area contributed by atoms with E-state index in [9.17, 15) is 4.79 Å². The van der Waals surface area contributed by atoms with E-state index in [0.29, 0.717) is 6.54 Å². The van der Waals surface area contributed by atoms with Crippen molar-refractivity contribution < 1.29 is 4.79 Å². The van der Waals surface area contributed by atoms with Crippen molar-refractivity contribution in [1.82, 2.24) is 9.80 Å². The van der Waals surface area contributed by atoms with E-state index in [2.05, 4.69) is 4.90 Å². The lowest BCUT2D eigenvalue weighted by molar-refractivity contribution is -0.131. The molecule has 0 aliphatic carbocycles. The van der Waals surface area contributed by atoms with Crippen LogP contribution in [-0.4, -0.2) is 52.7 Å². The van der Waals surface area contributed by atoms with Crippen molar-refractivity contribution in [3.63, 3.8) is 0 Å². The van der Waals surface area contributed by atoms with Gasteiger partial charge < -0.3 is 9.80 Å². The molecule has 78 valence electrons. The third kappa shape index (κ3) is 2.60. The number of thioether (sulfide) groups is 2. The Labute approximate surface area is 92.9 Å². The van der Waals surface area contributed by atoms with Crippen LogP contribution in [0, 0.1) is 0 Å². The fourth-order valence-corrected chi connectivity index (χ4v) is 3.11. The summed E-state index contributed by atoms with van der Waals surface area (Å²) in [6.07, 6.45) is 2.00. The van der Waals surface area contributed by atoms with Gasteiger partial charge in [0.1, 0.15) is 0 Å². The van der Waals surface area contributed by atoms with Crippen LogP contribution in [0.25, 0.3) is 0 Å². The molecule has 2 rings (SSSR count). The minimum Gasteiger partial charge on any atom is -0.358 e. The molecule has 0 bridgehead atoms. The number of hydrogen-bond acceptors (Lipinski definition) is 4. The minimum atomic E-state index is 0.275. The summed E-state index contributed by atoms with van der Waals surface area (Å²) in [5, 5.41) is 2.04. The minimum absolute atomic E-state index is 0.275. The van der Waals surface area contributed by atoms with E-state index in [0.717, 1.165) is 30.5 Å². The van der Waals surface area contributed by atoms with Gasteiger partial charge in [-0.25, -0.2) is 0 Å².